The van der Waals surface area contributed by atoms with Gasteiger partial charge in [0.2, 0.25) is 0 Å². The van der Waals surface area contributed by atoms with Crippen LogP contribution in [0.1, 0.15) is 17.7 Å². The molecule has 2 rings (SSSR count). The highest BCUT2D eigenvalue weighted by Crippen LogP contribution is 2.32. The topological polar surface area (TPSA) is 28.2 Å². The second-order valence-corrected chi connectivity index (χ2v) is 4.91. The fraction of sp³-hybridized carbons (Fsp3) is 0.500. The van der Waals surface area contributed by atoms with Crippen LogP contribution in [-0.2, 0) is 6.54 Å². The zero-order chi connectivity index (χ0) is 14.8. The van der Waals surface area contributed by atoms with Crippen molar-refractivity contribution >= 4 is 5.69 Å². The summed E-state index contributed by atoms with van der Waals surface area (Å²) in [5.74, 6) is 0. The standard InChI is InChI=1S/C14H18F3N3/c1-10-7-13(11(8-18-2)9-19-10)20-5-3-12(4-6-20)14(15,16)17/h3,7,9,18H,4-6,8H2,1-2H3. The molecule has 1 aromatic heterocycles. The van der Waals surface area contributed by atoms with Gasteiger partial charge in [0.15, 0.2) is 0 Å². The molecule has 0 spiro atoms. The van der Waals surface area contributed by atoms with Crippen molar-refractivity contribution in [3.05, 3.63) is 35.2 Å². The van der Waals surface area contributed by atoms with E-state index in [2.05, 4.69) is 10.3 Å². The minimum atomic E-state index is -4.20. The zero-order valence-electron chi connectivity index (χ0n) is 11.6. The maximum atomic E-state index is 12.6. The van der Waals surface area contributed by atoms with Gasteiger partial charge in [-0.05, 0) is 26.5 Å². The highest BCUT2D eigenvalue weighted by atomic mass is 19.4. The largest absolute Gasteiger partial charge is 0.412 e. The second-order valence-electron chi connectivity index (χ2n) is 4.91. The Balaban J connectivity index is 2.22. The predicted molar refractivity (Wildman–Crippen MR) is 72.7 cm³/mol. The van der Waals surface area contributed by atoms with Crippen molar-refractivity contribution in [2.24, 2.45) is 0 Å². The average molecular weight is 285 g/mol. The summed E-state index contributed by atoms with van der Waals surface area (Å²) in [5, 5.41) is 3.05. The highest BCUT2D eigenvalue weighted by molar-refractivity contribution is 5.55. The minimum absolute atomic E-state index is 0.0316. The van der Waals surface area contributed by atoms with Crippen molar-refractivity contribution in [2.45, 2.75) is 26.1 Å². The summed E-state index contributed by atoms with van der Waals surface area (Å²) >= 11 is 0. The quantitative estimate of drug-likeness (QED) is 0.866. The summed E-state index contributed by atoms with van der Waals surface area (Å²) in [6, 6.07) is 1.93. The Kier molecular flexibility index (Phi) is 4.32. The Morgan fingerprint density at radius 1 is 1.40 bits per heavy atom. The van der Waals surface area contributed by atoms with Crippen LogP contribution in [0.5, 0.6) is 0 Å². The molecule has 0 fully saturated rings. The highest BCUT2D eigenvalue weighted by Gasteiger charge is 2.34. The van der Waals surface area contributed by atoms with Gasteiger partial charge in [-0.2, -0.15) is 13.2 Å². The number of aryl methyl sites for hydroxylation is 1. The van der Waals surface area contributed by atoms with Crippen molar-refractivity contribution in [3.8, 4) is 0 Å². The summed E-state index contributed by atoms with van der Waals surface area (Å²) < 4.78 is 37.9. The molecule has 20 heavy (non-hydrogen) atoms. The molecule has 0 radical (unpaired) electrons. The van der Waals surface area contributed by atoms with E-state index in [9.17, 15) is 13.2 Å². The lowest BCUT2D eigenvalue weighted by Gasteiger charge is -2.30. The number of alkyl halides is 3. The fourth-order valence-electron chi connectivity index (χ4n) is 2.34. The summed E-state index contributed by atoms with van der Waals surface area (Å²) in [4.78, 5) is 6.21. The SMILES string of the molecule is CNCc1cnc(C)cc1N1CC=C(C(F)(F)F)CC1. The smallest absolute Gasteiger partial charge is 0.367 e. The lowest BCUT2D eigenvalue weighted by Crippen LogP contribution is -2.33. The van der Waals surface area contributed by atoms with Gasteiger partial charge in [0.25, 0.3) is 0 Å². The van der Waals surface area contributed by atoms with Gasteiger partial charge < -0.3 is 10.2 Å². The molecule has 0 saturated heterocycles. The van der Waals surface area contributed by atoms with E-state index < -0.39 is 11.7 Å². The molecule has 1 N–H and O–H groups in total. The van der Waals surface area contributed by atoms with Crippen LogP contribution in [0.4, 0.5) is 18.9 Å². The summed E-state index contributed by atoms with van der Waals surface area (Å²) in [6.07, 6.45) is -1.11. The van der Waals surface area contributed by atoms with E-state index in [0.29, 0.717) is 13.1 Å². The van der Waals surface area contributed by atoms with Gasteiger partial charge >= 0.3 is 6.18 Å². The average Bonchev–Trinajstić information content (AvgIpc) is 2.40. The van der Waals surface area contributed by atoms with Gasteiger partial charge in [0.05, 0.1) is 0 Å². The Morgan fingerprint density at radius 3 is 2.70 bits per heavy atom. The molecule has 0 aliphatic carbocycles. The fourth-order valence-corrected chi connectivity index (χ4v) is 2.34. The van der Waals surface area contributed by atoms with Crippen LogP contribution < -0.4 is 10.2 Å². The van der Waals surface area contributed by atoms with E-state index in [1.807, 2.05) is 24.9 Å². The Bertz CT molecular complexity index is 509. The van der Waals surface area contributed by atoms with Crippen molar-refractivity contribution in [1.82, 2.24) is 10.3 Å². The third-order valence-electron chi connectivity index (χ3n) is 3.38. The molecule has 2 heterocycles. The number of nitrogens with zero attached hydrogens (tertiary/aromatic N) is 2. The van der Waals surface area contributed by atoms with Gasteiger partial charge in [-0.15, -0.1) is 0 Å². The lowest BCUT2D eigenvalue weighted by atomic mass is 10.1. The van der Waals surface area contributed by atoms with Crippen LogP contribution in [0.25, 0.3) is 0 Å². The number of nitrogens with one attached hydrogen (secondary N) is 1. The third kappa shape index (κ3) is 3.30. The Morgan fingerprint density at radius 2 is 2.15 bits per heavy atom. The first kappa shape index (κ1) is 14.8. The number of anilines is 1. The summed E-state index contributed by atoms with van der Waals surface area (Å²) in [7, 11) is 1.83. The van der Waals surface area contributed by atoms with Gasteiger partial charge in [0, 0.05) is 48.3 Å². The minimum Gasteiger partial charge on any atom is -0.367 e. The maximum absolute atomic E-state index is 12.6. The second kappa shape index (κ2) is 5.83. The van der Waals surface area contributed by atoms with Crippen LogP contribution >= 0.6 is 0 Å². The van der Waals surface area contributed by atoms with Crippen molar-refractivity contribution in [3.63, 3.8) is 0 Å². The lowest BCUT2D eigenvalue weighted by molar-refractivity contribution is -0.0943. The number of aromatic nitrogens is 1. The number of pyridine rings is 1. The van der Waals surface area contributed by atoms with Gasteiger partial charge in [-0.25, -0.2) is 0 Å². The van der Waals surface area contributed by atoms with E-state index in [-0.39, 0.29) is 13.0 Å². The molecule has 0 aromatic carbocycles. The first-order valence-corrected chi connectivity index (χ1v) is 6.53. The number of hydrogen-bond acceptors (Lipinski definition) is 3. The molecule has 0 atom stereocenters. The van der Waals surface area contributed by atoms with Gasteiger partial charge in [-0.3, -0.25) is 4.98 Å². The molecule has 0 saturated carbocycles. The van der Waals surface area contributed by atoms with Crippen molar-refractivity contribution < 1.29 is 13.2 Å². The number of hydrogen-bond donors (Lipinski definition) is 1. The van der Waals surface area contributed by atoms with E-state index in [1.54, 1.807) is 6.20 Å². The van der Waals surface area contributed by atoms with E-state index >= 15 is 0 Å². The van der Waals surface area contributed by atoms with Crippen molar-refractivity contribution in [2.75, 3.05) is 25.0 Å². The monoisotopic (exact) mass is 285 g/mol. The number of rotatable bonds is 3. The third-order valence-corrected chi connectivity index (χ3v) is 3.38. The molecule has 1 aliphatic rings. The predicted octanol–water partition coefficient (Wildman–Crippen LogP) is 2.81. The molecule has 6 heteroatoms. The van der Waals surface area contributed by atoms with Crippen LogP contribution in [0.3, 0.4) is 0 Å². The molecule has 110 valence electrons. The first-order valence-electron chi connectivity index (χ1n) is 6.53. The van der Waals surface area contributed by atoms with Crippen LogP contribution in [0.2, 0.25) is 0 Å². The number of halogens is 3. The molecule has 0 unspecified atom stereocenters. The Labute approximate surface area is 116 Å². The van der Waals surface area contributed by atoms with Crippen LogP contribution in [0, 0.1) is 6.92 Å². The van der Waals surface area contributed by atoms with Crippen molar-refractivity contribution in [1.29, 1.82) is 0 Å². The van der Waals surface area contributed by atoms with Gasteiger partial charge in [0.1, 0.15) is 0 Å². The molecule has 0 bridgehead atoms. The van der Waals surface area contributed by atoms with Gasteiger partial charge in [-0.1, -0.05) is 6.08 Å². The molecule has 3 nitrogen and oxygen atoms in total. The van der Waals surface area contributed by atoms with Crippen LogP contribution in [0.15, 0.2) is 23.9 Å². The molecule has 1 aromatic rings. The molecule has 0 amide bonds. The first-order chi connectivity index (χ1) is 9.41. The maximum Gasteiger partial charge on any atom is 0.412 e. The normalized spacial score (nSPS) is 16.2. The zero-order valence-corrected chi connectivity index (χ0v) is 11.6. The van der Waals surface area contributed by atoms with E-state index in [4.69, 9.17) is 0 Å². The van der Waals surface area contributed by atoms with E-state index in [1.165, 1.54) is 6.08 Å². The molecular weight excluding hydrogens is 267 g/mol. The summed E-state index contributed by atoms with van der Waals surface area (Å²) in [6.45, 7) is 3.20. The molecular formula is C14H18F3N3. The van der Waals surface area contributed by atoms with E-state index in [0.717, 1.165) is 16.9 Å². The van der Waals surface area contributed by atoms with Crippen LogP contribution in [-0.4, -0.2) is 31.3 Å². The Hall–Kier alpha value is -1.56. The molecule has 1 aliphatic heterocycles. The summed E-state index contributed by atoms with van der Waals surface area (Å²) in [5.41, 5.74) is 2.41.